The Kier molecular flexibility index (Phi) is 30.6. The number of esters is 3. The zero-order chi connectivity index (χ0) is 56.1. The van der Waals surface area contributed by atoms with Gasteiger partial charge in [-0.15, -0.1) is 0 Å². The number of aliphatic hydroxyl groups excluding tert-OH is 1. The summed E-state index contributed by atoms with van der Waals surface area (Å²) in [5, 5.41) is 8.06. The summed E-state index contributed by atoms with van der Waals surface area (Å²) >= 11 is 0. The number of nitrogens with zero attached hydrogens (tertiary/aromatic N) is 4. The first kappa shape index (κ1) is 66.0. The number of methoxy groups -OCH3 is 2. The van der Waals surface area contributed by atoms with Crippen LogP contribution in [-0.4, -0.2) is 132 Å². The molecule has 5 rings (SSSR count). The number of rotatable bonds is 28. The third kappa shape index (κ3) is 28.9. The summed E-state index contributed by atoms with van der Waals surface area (Å²) in [6.07, 6.45) is 17.0. The van der Waals surface area contributed by atoms with Gasteiger partial charge in [-0.2, -0.15) is 0 Å². The molecular formula is C62H101N5O9. The number of carbonyl (C=O) groups is 3. The van der Waals surface area contributed by atoms with E-state index in [1.54, 1.807) is 28.1 Å². The average Bonchev–Trinajstić information content (AvgIpc) is 3.37. The maximum Gasteiger partial charge on any atom is 0.323 e. The number of pyridine rings is 2. The summed E-state index contributed by atoms with van der Waals surface area (Å²) in [5.41, 5.74) is 13.7. The lowest BCUT2D eigenvalue weighted by Crippen LogP contribution is -2.41. The number of fused-ring (bicyclic) bond motifs is 2. The molecule has 428 valence electrons. The molecule has 0 amide bonds. The Labute approximate surface area is 458 Å². The minimum atomic E-state index is -0.627. The Morgan fingerprint density at radius 2 is 1.07 bits per heavy atom. The molecule has 0 bridgehead atoms. The Hall–Kier alpha value is -4.31. The van der Waals surface area contributed by atoms with E-state index in [-0.39, 0.29) is 49.2 Å². The van der Waals surface area contributed by atoms with Crippen molar-refractivity contribution in [2.24, 2.45) is 11.7 Å². The molecule has 4 atom stereocenters. The van der Waals surface area contributed by atoms with Crippen molar-refractivity contribution in [2.45, 2.75) is 221 Å². The van der Waals surface area contributed by atoms with Crippen molar-refractivity contribution in [3.63, 3.8) is 0 Å². The van der Waals surface area contributed by atoms with Crippen molar-refractivity contribution in [3.05, 3.63) is 94.1 Å². The first-order valence-corrected chi connectivity index (χ1v) is 28.6. The number of aliphatic hydroxyl groups is 1. The molecule has 3 aromatic rings. The molecule has 0 saturated heterocycles. The third-order valence-electron chi connectivity index (χ3n) is 13.3. The highest BCUT2D eigenvalue weighted by molar-refractivity contribution is 5.80. The second-order valence-corrected chi connectivity index (χ2v) is 23.2. The van der Waals surface area contributed by atoms with Gasteiger partial charge in [-0.25, -0.2) is 0 Å². The van der Waals surface area contributed by atoms with Gasteiger partial charge in [0.05, 0.1) is 24.5 Å². The average molecular weight is 1060 g/mol. The van der Waals surface area contributed by atoms with Crippen LogP contribution in [0.25, 0.3) is 0 Å². The van der Waals surface area contributed by atoms with Crippen molar-refractivity contribution in [1.29, 1.82) is 0 Å². The lowest BCUT2D eigenvalue weighted by Gasteiger charge is -2.28. The van der Waals surface area contributed by atoms with Gasteiger partial charge >= 0.3 is 17.9 Å². The zero-order valence-electron chi connectivity index (χ0n) is 49.1. The predicted molar refractivity (Wildman–Crippen MR) is 304 cm³/mol. The molecule has 14 nitrogen and oxygen atoms in total. The predicted octanol–water partition coefficient (Wildman–Crippen LogP) is 10.2. The molecule has 1 aromatic carbocycles. The molecule has 0 radical (unpaired) electrons. The largest absolute Gasteiger partial charge is 0.461 e. The SMILES string of the molecule is CC(C)O.CO[C@H](C)CN(CCCCc1ccc2c(n1)CCCC2)CC[C@H](CC(=O)OCc1ccccc1)C(=O)OC(C)(C)C.CO[C@H](C)CN(CCCCc1ccc2c(n1)CCCC2)CC[C@H](N)C(=O)OC(C)(C)C. The number of aryl methyl sites for hydroxylation is 6. The van der Waals surface area contributed by atoms with Gasteiger partial charge in [0.2, 0.25) is 0 Å². The summed E-state index contributed by atoms with van der Waals surface area (Å²) in [5.74, 6) is -1.64. The van der Waals surface area contributed by atoms with Gasteiger partial charge in [0.1, 0.15) is 23.9 Å². The molecule has 2 aliphatic rings. The van der Waals surface area contributed by atoms with E-state index in [9.17, 15) is 14.4 Å². The molecule has 76 heavy (non-hydrogen) atoms. The van der Waals surface area contributed by atoms with Gasteiger partial charge in [-0.05, 0) is 220 Å². The van der Waals surface area contributed by atoms with Crippen LogP contribution in [0, 0.1) is 5.92 Å². The topological polar surface area (TPSA) is 176 Å². The van der Waals surface area contributed by atoms with E-state index < -0.39 is 23.2 Å². The molecule has 0 saturated carbocycles. The number of benzene rings is 1. The van der Waals surface area contributed by atoms with Crippen molar-refractivity contribution in [2.75, 3.05) is 53.5 Å². The molecule has 2 heterocycles. The quantitative estimate of drug-likeness (QED) is 0.0399. The molecule has 14 heteroatoms. The van der Waals surface area contributed by atoms with Crippen LogP contribution in [0.1, 0.15) is 179 Å². The number of nitrogens with two attached hydrogens (primary N) is 1. The molecule has 0 unspecified atom stereocenters. The number of carbonyl (C=O) groups excluding carboxylic acids is 3. The fourth-order valence-electron chi connectivity index (χ4n) is 9.12. The molecule has 2 aliphatic carbocycles. The van der Waals surface area contributed by atoms with E-state index in [1.165, 1.54) is 66.0 Å². The van der Waals surface area contributed by atoms with Gasteiger partial charge in [-0.1, -0.05) is 42.5 Å². The van der Waals surface area contributed by atoms with Crippen LogP contribution < -0.4 is 5.73 Å². The van der Waals surface area contributed by atoms with Gasteiger partial charge in [0.25, 0.3) is 0 Å². The second kappa shape index (κ2) is 35.2. The smallest absolute Gasteiger partial charge is 0.323 e. The minimum Gasteiger partial charge on any atom is -0.461 e. The molecule has 3 N–H and O–H groups in total. The number of hydrogen-bond acceptors (Lipinski definition) is 14. The van der Waals surface area contributed by atoms with Crippen LogP contribution in [0.2, 0.25) is 0 Å². The van der Waals surface area contributed by atoms with Crippen molar-refractivity contribution in [3.8, 4) is 0 Å². The summed E-state index contributed by atoms with van der Waals surface area (Å²) < 4.78 is 27.6. The summed E-state index contributed by atoms with van der Waals surface area (Å²) in [7, 11) is 3.45. The molecule has 2 aromatic heterocycles. The number of ether oxygens (including phenoxy) is 5. The number of aromatic nitrogens is 2. The minimum absolute atomic E-state index is 0.000579. The first-order chi connectivity index (χ1) is 36.0. The van der Waals surface area contributed by atoms with E-state index in [4.69, 9.17) is 44.5 Å². The molecule has 0 spiro atoms. The molecule has 0 aliphatic heterocycles. The Bertz CT molecular complexity index is 2100. The highest BCUT2D eigenvalue weighted by Gasteiger charge is 2.29. The monoisotopic (exact) mass is 1060 g/mol. The van der Waals surface area contributed by atoms with Crippen LogP contribution in [0.3, 0.4) is 0 Å². The van der Waals surface area contributed by atoms with E-state index in [0.29, 0.717) is 19.4 Å². The lowest BCUT2D eigenvalue weighted by atomic mass is 9.95. The lowest BCUT2D eigenvalue weighted by molar-refractivity contribution is -0.164. The maximum atomic E-state index is 13.1. The van der Waals surface area contributed by atoms with Crippen molar-refractivity contribution in [1.82, 2.24) is 19.8 Å². The van der Waals surface area contributed by atoms with Gasteiger partial charge in [0.15, 0.2) is 0 Å². The van der Waals surface area contributed by atoms with Crippen molar-refractivity contribution >= 4 is 17.9 Å². The summed E-state index contributed by atoms with van der Waals surface area (Å²) in [4.78, 5) is 52.5. The van der Waals surface area contributed by atoms with Gasteiger partial charge < -0.3 is 44.3 Å². The van der Waals surface area contributed by atoms with Gasteiger partial charge in [-0.3, -0.25) is 24.4 Å². The van der Waals surface area contributed by atoms with Crippen molar-refractivity contribution < 1.29 is 43.2 Å². The highest BCUT2D eigenvalue weighted by atomic mass is 16.6. The van der Waals surface area contributed by atoms with E-state index in [2.05, 4.69) is 47.9 Å². The fraction of sp³-hybridized carbons (Fsp3) is 0.694. The first-order valence-electron chi connectivity index (χ1n) is 28.6. The van der Waals surface area contributed by atoms with Crippen LogP contribution in [-0.2, 0) is 83.2 Å². The number of hydrogen-bond donors (Lipinski definition) is 2. The van der Waals surface area contributed by atoms with Crippen LogP contribution in [0.15, 0.2) is 54.6 Å². The highest BCUT2D eigenvalue weighted by Crippen LogP contribution is 2.23. The zero-order valence-corrected chi connectivity index (χ0v) is 49.1. The summed E-state index contributed by atoms with van der Waals surface area (Å²) in [6, 6.07) is 17.9. The maximum absolute atomic E-state index is 13.1. The van der Waals surface area contributed by atoms with E-state index in [0.717, 1.165) is 96.1 Å². The third-order valence-corrected chi connectivity index (χ3v) is 13.3. The van der Waals surface area contributed by atoms with E-state index in [1.807, 2.05) is 71.9 Å². The Morgan fingerprint density at radius 3 is 1.53 bits per heavy atom. The van der Waals surface area contributed by atoms with Crippen LogP contribution in [0.4, 0.5) is 0 Å². The van der Waals surface area contributed by atoms with E-state index >= 15 is 0 Å². The van der Waals surface area contributed by atoms with Crippen LogP contribution >= 0.6 is 0 Å². The summed E-state index contributed by atoms with van der Waals surface area (Å²) in [6.45, 7) is 23.7. The number of unbranched alkanes of at least 4 members (excludes halogenated alkanes) is 2. The Morgan fingerprint density at radius 1 is 0.618 bits per heavy atom. The second-order valence-electron chi connectivity index (χ2n) is 23.2. The standard InChI is InChI=1S/C34H50N2O5.C25H43N3O3.C3H8O/c1-26(39-5)24-36(21-12-11-16-30-19-18-28-15-9-10-17-31(28)35-30)22-20-29(33(38)41-34(2,3)4)23-32(37)40-25-27-13-7-6-8-14-27;1-19(30-5)18-28(17-15-22(26)24(29)31-25(2,3)4)16-9-8-11-21-14-13-20-10-6-7-12-23(20)27-21;1-3(2)4/h6-8,13-14,18-19,26,29H,9-12,15-17,20-25H2,1-5H3;13-14,19,22H,6-12,15-18,26H2,1-5H3;3-4H,1-2H3/t26-,29-;19-,22+;/m11./s1. The molecule has 0 fully saturated rings. The Balaban J connectivity index is 0.000000386. The molecular weight excluding hydrogens is 959 g/mol. The fourth-order valence-corrected chi connectivity index (χ4v) is 9.12. The van der Waals surface area contributed by atoms with Gasteiger partial charge in [0, 0.05) is 62.7 Å². The van der Waals surface area contributed by atoms with Crippen LogP contribution in [0.5, 0.6) is 0 Å². The normalized spacial score (nSPS) is 15.0.